The molecule has 11 nitrogen and oxygen atoms in total. The Morgan fingerprint density at radius 3 is 2.52 bits per heavy atom. The summed E-state index contributed by atoms with van der Waals surface area (Å²) >= 11 is 1.37. The minimum absolute atomic E-state index is 0.0459. The maximum atomic E-state index is 14.5. The zero-order valence-corrected chi connectivity index (χ0v) is 27.3. The molecule has 3 aliphatic rings. The molecule has 6 atom stereocenters. The molecule has 244 valence electrons. The minimum Gasteiger partial charge on any atom is -0.390 e. The first kappa shape index (κ1) is 31.4. The van der Waals surface area contributed by atoms with Gasteiger partial charge in [-0.25, -0.2) is 36.2 Å². The van der Waals surface area contributed by atoms with E-state index >= 15 is 0 Å². The highest BCUT2D eigenvalue weighted by Crippen LogP contribution is 2.50. The van der Waals surface area contributed by atoms with Gasteiger partial charge in [0.1, 0.15) is 12.2 Å². The number of rotatable bonds is 9. The monoisotopic (exact) mass is 672 g/mol. The summed E-state index contributed by atoms with van der Waals surface area (Å²) in [6.07, 6.45) is -0.471. The average Bonchev–Trinajstić information content (AvgIpc) is 3.41. The fraction of sp³-hybridized carbons (Fsp3) is 0.484. The van der Waals surface area contributed by atoms with Crippen molar-refractivity contribution < 1.29 is 31.8 Å². The number of halogens is 2. The number of nitrogens with zero attached hydrogens (tertiary/aromatic N) is 6. The molecule has 7 rings (SSSR count). The molecule has 2 aliphatic carbocycles. The van der Waals surface area contributed by atoms with Crippen LogP contribution in [0.3, 0.4) is 0 Å². The molecule has 0 amide bonds. The molecule has 2 aromatic heterocycles. The second-order valence-corrected chi connectivity index (χ2v) is 15.4. The maximum absolute atomic E-state index is 14.5. The molecular weight excluding hydrogens is 639 g/mol. The molecule has 1 N–H and O–H groups in total. The number of benzene rings is 2. The molecule has 3 heterocycles. The smallest absolute Gasteiger partial charge is 0.265 e. The van der Waals surface area contributed by atoms with Crippen molar-refractivity contribution in [1.29, 1.82) is 0 Å². The SMILES string of the molecule is CCCSc1nc(N([C@@H]2C[C@H]2c2ccc(F)c(F)c2)S(=O)(=O)c2ccc(C)cc2)c2nnn([C@@H]3C[C@H](O)[C@H]4OC(C)(C)O[C@H]43)c2n1. The highest BCUT2D eigenvalue weighted by Gasteiger charge is 2.55. The van der Waals surface area contributed by atoms with Gasteiger partial charge in [-0.05, 0) is 63.4 Å². The lowest BCUT2D eigenvalue weighted by molar-refractivity contribution is -0.165. The highest BCUT2D eigenvalue weighted by molar-refractivity contribution is 7.99. The Labute approximate surface area is 269 Å². The number of aliphatic hydroxyl groups is 1. The second-order valence-electron chi connectivity index (χ2n) is 12.5. The van der Waals surface area contributed by atoms with Gasteiger partial charge < -0.3 is 14.6 Å². The summed E-state index contributed by atoms with van der Waals surface area (Å²) in [6.45, 7) is 7.44. The van der Waals surface area contributed by atoms with Crippen molar-refractivity contribution >= 4 is 38.8 Å². The molecule has 3 fully saturated rings. The number of fused-ring (bicyclic) bond motifs is 2. The van der Waals surface area contributed by atoms with Gasteiger partial charge in [0.2, 0.25) is 0 Å². The summed E-state index contributed by atoms with van der Waals surface area (Å²) in [4.78, 5) is 9.59. The van der Waals surface area contributed by atoms with Crippen molar-refractivity contribution in [2.24, 2.45) is 0 Å². The second kappa shape index (κ2) is 11.5. The van der Waals surface area contributed by atoms with Gasteiger partial charge in [-0.15, -0.1) is 5.10 Å². The molecular formula is C31H34F2N6O5S2. The quantitative estimate of drug-likeness (QED) is 0.194. The van der Waals surface area contributed by atoms with E-state index in [-0.39, 0.29) is 22.7 Å². The van der Waals surface area contributed by atoms with E-state index in [0.29, 0.717) is 28.5 Å². The molecule has 46 heavy (non-hydrogen) atoms. The Kier molecular flexibility index (Phi) is 7.82. The lowest BCUT2D eigenvalue weighted by atomic mass is 10.1. The van der Waals surface area contributed by atoms with Crippen LogP contribution in [0.1, 0.15) is 63.1 Å². The lowest BCUT2D eigenvalue weighted by Crippen LogP contribution is -2.35. The Bertz CT molecular complexity index is 1910. The van der Waals surface area contributed by atoms with Gasteiger partial charge >= 0.3 is 0 Å². The Morgan fingerprint density at radius 1 is 1.07 bits per heavy atom. The van der Waals surface area contributed by atoms with E-state index in [2.05, 4.69) is 10.3 Å². The largest absolute Gasteiger partial charge is 0.390 e. The third-order valence-corrected chi connectivity index (χ3v) is 11.5. The van der Waals surface area contributed by atoms with Gasteiger partial charge in [0.25, 0.3) is 10.0 Å². The summed E-state index contributed by atoms with van der Waals surface area (Å²) in [6, 6.07) is 8.98. The van der Waals surface area contributed by atoms with Crippen molar-refractivity contribution in [2.75, 3.05) is 10.1 Å². The summed E-state index contributed by atoms with van der Waals surface area (Å²) in [5.74, 6) is -2.58. The fourth-order valence-corrected chi connectivity index (χ4v) is 8.75. The number of ether oxygens (including phenoxy) is 2. The molecule has 4 aromatic rings. The van der Waals surface area contributed by atoms with Gasteiger partial charge in [0, 0.05) is 18.1 Å². The van der Waals surface area contributed by atoms with E-state index in [0.717, 1.165) is 24.1 Å². The fourth-order valence-electron chi connectivity index (χ4n) is 6.41. The molecule has 0 bridgehead atoms. The van der Waals surface area contributed by atoms with Crippen LogP contribution in [-0.4, -0.2) is 74.4 Å². The van der Waals surface area contributed by atoms with Gasteiger partial charge in [-0.2, -0.15) is 0 Å². The van der Waals surface area contributed by atoms with Crippen molar-refractivity contribution in [3.05, 3.63) is 65.2 Å². The van der Waals surface area contributed by atoms with Crippen LogP contribution in [0.2, 0.25) is 0 Å². The Balaban J connectivity index is 1.38. The first-order valence-corrected chi connectivity index (χ1v) is 17.7. The zero-order chi connectivity index (χ0) is 32.5. The van der Waals surface area contributed by atoms with E-state index in [4.69, 9.17) is 19.4 Å². The van der Waals surface area contributed by atoms with E-state index in [1.54, 1.807) is 30.7 Å². The third kappa shape index (κ3) is 5.45. The topological polar surface area (TPSA) is 133 Å². The number of thioether (sulfide) groups is 1. The summed E-state index contributed by atoms with van der Waals surface area (Å²) in [5, 5.41) is 20.0. The molecule has 2 saturated carbocycles. The van der Waals surface area contributed by atoms with Crippen LogP contribution in [0.4, 0.5) is 14.6 Å². The molecule has 0 spiro atoms. The predicted molar refractivity (Wildman–Crippen MR) is 166 cm³/mol. The number of sulfonamides is 1. The Morgan fingerprint density at radius 2 is 1.80 bits per heavy atom. The molecule has 1 aliphatic heterocycles. The summed E-state index contributed by atoms with van der Waals surface area (Å²) < 4.78 is 72.1. The number of aryl methyl sites for hydroxylation is 1. The summed E-state index contributed by atoms with van der Waals surface area (Å²) in [5.41, 5.74) is 1.82. The van der Waals surface area contributed by atoms with E-state index < -0.39 is 63.8 Å². The van der Waals surface area contributed by atoms with E-state index in [9.17, 15) is 22.3 Å². The normalized spacial score (nSPS) is 26.8. The molecule has 2 aromatic carbocycles. The zero-order valence-electron chi connectivity index (χ0n) is 25.7. The van der Waals surface area contributed by atoms with E-state index in [1.165, 1.54) is 34.3 Å². The number of aliphatic hydroxyl groups excluding tert-OH is 1. The number of anilines is 1. The van der Waals surface area contributed by atoms with Crippen molar-refractivity contribution in [3.63, 3.8) is 0 Å². The molecule has 1 saturated heterocycles. The van der Waals surface area contributed by atoms with E-state index in [1.807, 2.05) is 13.8 Å². The molecule has 0 radical (unpaired) electrons. The first-order valence-electron chi connectivity index (χ1n) is 15.2. The third-order valence-electron chi connectivity index (χ3n) is 8.66. The van der Waals surface area contributed by atoms with Crippen LogP contribution in [-0.2, 0) is 19.5 Å². The highest BCUT2D eigenvalue weighted by atomic mass is 32.2. The van der Waals surface area contributed by atoms with Crippen LogP contribution in [0.25, 0.3) is 11.2 Å². The first-order chi connectivity index (χ1) is 21.9. The van der Waals surface area contributed by atoms with Gasteiger partial charge in [-0.3, -0.25) is 0 Å². The number of aromatic nitrogens is 5. The van der Waals surface area contributed by atoms with Crippen LogP contribution in [0.5, 0.6) is 0 Å². The standard InChI is InChI=1S/C31H34F2N6O5S2/c1-5-12-45-30-34-28-25(36-37-38(28)23-15-24(40)27-26(23)43-31(3,4)44-27)29(35-30)39(46(41,42)18-9-6-16(2)7-10-18)22-14-19(22)17-8-11-20(32)21(33)13-17/h6-11,13,19,22-24,26-27,40H,5,12,14-15H2,1-4H3/t19-,22+,23+,24-,26-,27+/m0/s1. The van der Waals surface area contributed by atoms with Crippen LogP contribution in [0, 0.1) is 18.6 Å². The number of hydrogen-bond acceptors (Lipinski definition) is 10. The summed E-state index contributed by atoms with van der Waals surface area (Å²) in [7, 11) is -4.24. The van der Waals surface area contributed by atoms with Gasteiger partial charge in [0.15, 0.2) is 39.6 Å². The van der Waals surface area contributed by atoms with Gasteiger partial charge in [0.05, 0.1) is 23.1 Å². The lowest BCUT2D eigenvalue weighted by Gasteiger charge is -2.25. The van der Waals surface area contributed by atoms with Crippen LogP contribution < -0.4 is 4.31 Å². The Hall–Kier alpha value is -3.24. The maximum Gasteiger partial charge on any atom is 0.265 e. The molecule has 0 unspecified atom stereocenters. The minimum atomic E-state index is -4.24. The van der Waals surface area contributed by atoms with Crippen molar-refractivity contribution in [2.45, 2.75) is 99.1 Å². The predicted octanol–water partition coefficient (Wildman–Crippen LogP) is 4.89. The molecule has 15 heteroatoms. The van der Waals surface area contributed by atoms with Crippen LogP contribution >= 0.6 is 11.8 Å². The van der Waals surface area contributed by atoms with Crippen LogP contribution in [0.15, 0.2) is 52.5 Å². The average molecular weight is 673 g/mol. The van der Waals surface area contributed by atoms with Crippen molar-refractivity contribution in [3.8, 4) is 0 Å². The van der Waals surface area contributed by atoms with Crippen molar-refractivity contribution in [1.82, 2.24) is 25.0 Å². The van der Waals surface area contributed by atoms with Gasteiger partial charge in [-0.1, -0.05) is 47.7 Å². The number of hydrogen-bond donors (Lipinski definition) is 1.